The van der Waals surface area contributed by atoms with E-state index in [2.05, 4.69) is 78.5 Å². The molecule has 0 N–H and O–H groups in total. The van der Waals surface area contributed by atoms with Crippen molar-refractivity contribution in [1.82, 2.24) is 9.88 Å². The van der Waals surface area contributed by atoms with Crippen LogP contribution in [0.4, 0.5) is 11.5 Å². The molecule has 0 fully saturated rings. The first kappa shape index (κ1) is 14.5. The van der Waals surface area contributed by atoms with Gasteiger partial charge in [-0.25, -0.2) is 4.98 Å². The normalized spacial score (nSPS) is 13.3. The second-order valence-electron chi connectivity index (χ2n) is 6.03. The molecular formula is C19H19N3S. The zero-order valence-electron chi connectivity index (χ0n) is 13.4. The lowest BCUT2D eigenvalue weighted by atomic mass is 10.2. The van der Waals surface area contributed by atoms with Crippen molar-refractivity contribution >= 4 is 34.2 Å². The Hall–Kier alpha value is -2.04. The Kier molecular flexibility index (Phi) is 3.71. The molecule has 0 radical (unpaired) electrons. The fourth-order valence-corrected chi connectivity index (χ4v) is 3.98. The van der Waals surface area contributed by atoms with Crippen LogP contribution in [0.5, 0.6) is 0 Å². The Morgan fingerprint density at radius 3 is 2.65 bits per heavy atom. The number of benzene rings is 2. The predicted molar refractivity (Wildman–Crippen MR) is 97.9 cm³/mol. The molecule has 116 valence electrons. The van der Waals surface area contributed by atoms with Crippen molar-refractivity contribution in [3.63, 3.8) is 0 Å². The highest BCUT2D eigenvalue weighted by Gasteiger charge is 2.24. The maximum atomic E-state index is 4.96. The Morgan fingerprint density at radius 2 is 1.78 bits per heavy atom. The van der Waals surface area contributed by atoms with Crippen molar-refractivity contribution in [2.24, 2.45) is 0 Å². The highest BCUT2D eigenvalue weighted by Crippen LogP contribution is 2.47. The number of rotatable bonds is 3. The molecule has 4 heteroatoms. The quantitative estimate of drug-likeness (QED) is 0.712. The molecule has 4 rings (SSSR count). The van der Waals surface area contributed by atoms with Crippen molar-refractivity contribution in [2.45, 2.75) is 9.79 Å². The van der Waals surface area contributed by atoms with Gasteiger partial charge in [-0.05, 0) is 38.4 Å². The molecule has 2 aromatic carbocycles. The summed E-state index contributed by atoms with van der Waals surface area (Å²) in [5, 5.41) is 1.20. The minimum Gasteiger partial charge on any atom is -0.323 e. The number of nitrogens with zero attached hydrogens (tertiary/aromatic N) is 3. The minimum atomic E-state index is 0.933. The summed E-state index contributed by atoms with van der Waals surface area (Å²) >= 11 is 1.82. The van der Waals surface area contributed by atoms with Crippen LogP contribution in [0.2, 0.25) is 0 Å². The van der Waals surface area contributed by atoms with Gasteiger partial charge < -0.3 is 9.80 Å². The van der Waals surface area contributed by atoms with Crippen LogP contribution in [0.25, 0.3) is 10.9 Å². The van der Waals surface area contributed by atoms with E-state index >= 15 is 0 Å². The van der Waals surface area contributed by atoms with Crippen LogP contribution >= 0.6 is 11.8 Å². The summed E-state index contributed by atoms with van der Waals surface area (Å²) in [6, 6.07) is 19.2. The van der Waals surface area contributed by atoms with E-state index in [1.807, 2.05) is 11.8 Å². The highest BCUT2D eigenvalue weighted by atomic mass is 32.2. The lowest BCUT2D eigenvalue weighted by Gasteiger charge is -2.32. The number of fused-ring (bicyclic) bond motifs is 3. The van der Waals surface area contributed by atoms with Gasteiger partial charge in [0.15, 0.2) is 0 Å². The second kappa shape index (κ2) is 5.87. The third-order valence-electron chi connectivity index (χ3n) is 4.07. The average Bonchev–Trinajstić information content (AvgIpc) is 2.56. The van der Waals surface area contributed by atoms with Gasteiger partial charge in [0.2, 0.25) is 0 Å². The molecule has 0 spiro atoms. The summed E-state index contributed by atoms with van der Waals surface area (Å²) in [7, 11) is 4.22. The maximum absolute atomic E-state index is 4.96. The van der Waals surface area contributed by atoms with Gasteiger partial charge in [0.05, 0.1) is 16.1 Å². The number of likely N-dealkylation sites (N-methyl/N-ethyl adjacent to an activating group) is 1. The predicted octanol–water partition coefficient (Wildman–Crippen LogP) is 4.40. The number of aromatic nitrogens is 1. The van der Waals surface area contributed by atoms with Gasteiger partial charge in [0, 0.05) is 23.4 Å². The van der Waals surface area contributed by atoms with E-state index in [1.165, 1.54) is 20.9 Å². The summed E-state index contributed by atoms with van der Waals surface area (Å²) in [5.41, 5.74) is 2.32. The molecule has 0 aliphatic carbocycles. The first-order valence-electron chi connectivity index (χ1n) is 7.81. The van der Waals surface area contributed by atoms with E-state index in [4.69, 9.17) is 4.98 Å². The minimum absolute atomic E-state index is 0.933. The SMILES string of the molecule is CN(C)CCN1c2ccccc2Sc2cc3ccccc3nc21. The summed E-state index contributed by atoms with van der Waals surface area (Å²) in [6.07, 6.45) is 0. The largest absolute Gasteiger partial charge is 0.323 e. The number of pyridine rings is 1. The van der Waals surface area contributed by atoms with Gasteiger partial charge in [-0.3, -0.25) is 0 Å². The lowest BCUT2D eigenvalue weighted by molar-refractivity contribution is 0.418. The summed E-state index contributed by atoms with van der Waals surface area (Å²) in [6.45, 7) is 1.93. The van der Waals surface area contributed by atoms with Crippen molar-refractivity contribution in [1.29, 1.82) is 0 Å². The fraction of sp³-hybridized carbons (Fsp3) is 0.211. The molecule has 0 amide bonds. The molecular weight excluding hydrogens is 302 g/mol. The van der Waals surface area contributed by atoms with Crippen molar-refractivity contribution < 1.29 is 0 Å². The Bertz CT molecular complexity index is 860. The third kappa shape index (κ3) is 2.69. The zero-order valence-corrected chi connectivity index (χ0v) is 14.2. The van der Waals surface area contributed by atoms with Crippen LogP contribution in [-0.2, 0) is 0 Å². The molecule has 0 atom stereocenters. The molecule has 2 heterocycles. The molecule has 23 heavy (non-hydrogen) atoms. The monoisotopic (exact) mass is 321 g/mol. The zero-order chi connectivity index (χ0) is 15.8. The van der Waals surface area contributed by atoms with Crippen LogP contribution in [0.15, 0.2) is 64.4 Å². The second-order valence-corrected chi connectivity index (χ2v) is 7.11. The number of anilines is 2. The maximum Gasteiger partial charge on any atom is 0.147 e. The van der Waals surface area contributed by atoms with Crippen LogP contribution in [-0.4, -0.2) is 37.1 Å². The number of hydrogen-bond acceptors (Lipinski definition) is 4. The van der Waals surface area contributed by atoms with Crippen LogP contribution in [0.3, 0.4) is 0 Å². The van der Waals surface area contributed by atoms with E-state index in [1.54, 1.807) is 0 Å². The van der Waals surface area contributed by atoms with Gasteiger partial charge in [0.25, 0.3) is 0 Å². The van der Waals surface area contributed by atoms with Crippen LogP contribution in [0, 0.1) is 0 Å². The molecule has 1 aromatic heterocycles. The van der Waals surface area contributed by atoms with Crippen molar-refractivity contribution in [3.05, 3.63) is 54.6 Å². The smallest absolute Gasteiger partial charge is 0.147 e. The van der Waals surface area contributed by atoms with Crippen molar-refractivity contribution in [2.75, 3.05) is 32.1 Å². The van der Waals surface area contributed by atoms with E-state index in [0.717, 1.165) is 24.4 Å². The van der Waals surface area contributed by atoms with Gasteiger partial charge in [-0.2, -0.15) is 0 Å². The highest BCUT2D eigenvalue weighted by molar-refractivity contribution is 7.99. The Balaban J connectivity index is 1.86. The third-order valence-corrected chi connectivity index (χ3v) is 5.16. The molecule has 3 nitrogen and oxygen atoms in total. The summed E-state index contributed by atoms with van der Waals surface area (Å²) in [5.74, 6) is 1.08. The molecule has 0 saturated carbocycles. The lowest BCUT2D eigenvalue weighted by Crippen LogP contribution is -2.30. The summed E-state index contributed by atoms with van der Waals surface area (Å²) < 4.78 is 0. The number of para-hydroxylation sites is 2. The van der Waals surface area contributed by atoms with E-state index in [-0.39, 0.29) is 0 Å². The topological polar surface area (TPSA) is 19.4 Å². The Labute approximate surface area is 140 Å². The number of hydrogen-bond donors (Lipinski definition) is 0. The molecule has 0 saturated heterocycles. The first-order chi connectivity index (χ1) is 11.2. The first-order valence-corrected chi connectivity index (χ1v) is 8.63. The molecule has 1 aliphatic rings. The average molecular weight is 321 g/mol. The van der Waals surface area contributed by atoms with Crippen LogP contribution in [0.1, 0.15) is 0 Å². The van der Waals surface area contributed by atoms with E-state index in [0.29, 0.717) is 0 Å². The summed E-state index contributed by atoms with van der Waals surface area (Å²) in [4.78, 5) is 12.1. The standard InChI is InChI=1S/C19H19N3S/c1-21(2)11-12-22-16-9-5-6-10-17(16)23-18-13-14-7-3-4-8-15(14)20-19(18)22/h3-10,13H,11-12H2,1-2H3. The van der Waals surface area contributed by atoms with E-state index < -0.39 is 0 Å². The fourth-order valence-electron chi connectivity index (χ4n) is 2.88. The van der Waals surface area contributed by atoms with Crippen molar-refractivity contribution in [3.8, 4) is 0 Å². The van der Waals surface area contributed by atoms with Gasteiger partial charge in [-0.1, -0.05) is 42.1 Å². The molecule has 3 aromatic rings. The van der Waals surface area contributed by atoms with Gasteiger partial charge in [0.1, 0.15) is 5.82 Å². The molecule has 1 aliphatic heterocycles. The van der Waals surface area contributed by atoms with Gasteiger partial charge >= 0.3 is 0 Å². The molecule has 0 bridgehead atoms. The van der Waals surface area contributed by atoms with E-state index in [9.17, 15) is 0 Å². The Morgan fingerprint density at radius 1 is 1.00 bits per heavy atom. The van der Waals surface area contributed by atoms with Gasteiger partial charge in [-0.15, -0.1) is 0 Å². The van der Waals surface area contributed by atoms with Crippen LogP contribution < -0.4 is 4.90 Å². The molecule has 0 unspecified atom stereocenters.